The van der Waals surface area contributed by atoms with Gasteiger partial charge in [-0.1, -0.05) is 11.2 Å². The molecular weight excluding hydrogens is 232 g/mol. The molecule has 2 rings (SSSR count). The van der Waals surface area contributed by atoms with E-state index in [9.17, 15) is 13.6 Å². The predicted octanol–water partition coefficient (Wildman–Crippen LogP) is 2.63. The predicted molar refractivity (Wildman–Crippen MR) is 53.6 cm³/mol. The normalized spacial score (nSPS) is 10.5. The maximum Gasteiger partial charge on any atom is 0.341 e. The van der Waals surface area contributed by atoms with E-state index in [-0.39, 0.29) is 11.1 Å². The Hall–Kier alpha value is -2.24. The Balaban J connectivity index is 2.72. The van der Waals surface area contributed by atoms with Gasteiger partial charge in [-0.2, -0.15) is 0 Å². The van der Waals surface area contributed by atoms with Crippen LogP contribution in [0.3, 0.4) is 0 Å². The molecule has 0 spiro atoms. The molecular formula is C11H7F2NO3. The lowest BCUT2D eigenvalue weighted by atomic mass is 10.0. The number of hydrogen-bond donors (Lipinski definition) is 1. The van der Waals surface area contributed by atoms with Crippen molar-refractivity contribution < 1.29 is 23.2 Å². The van der Waals surface area contributed by atoms with E-state index in [0.717, 1.165) is 12.3 Å². The average Bonchev–Trinajstić information content (AvgIpc) is 2.73. The van der Waals surface area contributed by atoms with E-state index in [0.29, 0.717) is 0 Å². The third kappa shape index (κ3) is 1.77. The van der Waals surface area contributed by atoms with Crippen LogP contribution in [0.15, 0.2) is 22.9 Å². The first-order chi connectivity index (χ1) is 8.02. The molecule has 1 aromatic heterocycles. The Morgan fingerprint density at radius 2 is 2.12 bits per heavy atom. The lowest BCUT2D eigenvalue weighted by molar-refractivity contribution is 0.0697. The zero-order valence-electron chi connectivity index (χ0n) is 8.70. The van der Waals surface area contributed by atoms with Crippen LogP contribution in [0, 0.1) is 18.6 Å². The quantitative estimate of drug-likeness (QED) is 0.874. The molecule has 17 heavy (non-hydrogen) atoms. The number of aromatic nitrogens is 1. The topological polar surface area (TPSA) is 63.3 Å². The van der Waals surface area contributed by atoms with Crippen LogP contribution in [-0.4, -0.2) is 16.2 Å². The molecule has 0 aliphatic rings. The molecule has 0 saturated carbocycles. The second-order valence-corrected chi connectivity index (χ2v) is 3.43. The number of benzene rings is 1. The van der Waals surface area contributed by atoms with Crippen molar-refractivity contribution in [2.45, 2.75) is 6.92 Å². The molecule has 6 heteroatoms. The van der Waals surface area contributed by atoms with Crippen LogP contribution in [0.1, 0.15) is 15.9 Å². The van der Waals surface area contributed by atoms with Crippen LogP contribution in [0.5, 0.6) is 0 Å². The molecule has 0 fully saturated rings. The number of aryl methyl sites for hydroxylation is 1. The summed E-state index contributed by atoms with van der Waals surface area (Å²) in [7, 11) is 0. The van der Waals surface area contributed by atoms with Crippen molar-refractivity contribution in [1.82, 2.24) is 5.16 Å². The first-order valence-corrected chi connectivity index (χ1v) is 4.65. The zero-order chi connectivity index (χ0) is 12.6. The van der Waals surface area contributed by atoms with Gasteiger partial charge in [-0.15, -0.1) is 0 Å². The molecule has 4 nitrogen and oxygen atoms in total. The maximum atomic E-state index is 13.7. The lowest BCUT2D eigenvalue weighted by Gasteiger charge is -2.04. The summed E-state index contributed by atoms with van der Waals surface area (Å²) in [6, 6.07) is 2.30. The highest BCUT2D eigenvalue weighted by molar-refractivity contribution is 5.94. The fourth-order valence-electron chi connectivity index (χ4n) is 1.44. The Morgan fingerprint density at radius 3 is 2.76 bits per heavy atom. The maximum absolute atomic E-state index is 13.7. The average molecular weight is 239 g/mol. The third-order valence-electron chi connectivity index (χ3n) is 2.31. The summed E-state index contributed by atoms with van der Waals surface area (Å²) in [6.45, 7) is 1.44. The number of carboxylic acid groups (broad SMARTS) is 1. The Kier molecular flexibility index (Phi) is 2.63. The zero-order valence-corrected chi connectivity index (χ0v) is 8.70. The van der Waals surface area contributed by atoms with Gasteiger partial charge in [0.25, 0.3) is 0 Å². The molecule has 0 amide bonds. The summed E-state index contributed by atoms with van der Waals surface area (Å²) in [5, 5.41) is 12.1. The summed E-state index contributed by atoms with van der Waals surface area (Å²) >= 11 is 0. The second-order valence-electron chi connectivity index (χ2n) is 3.43. The molecule has 0 aliphatic carbocycles. The van der Waals surface area contributed by atoms with Gasteiger partial charge in [0.15, 0.2) is 5.76 Å². The largest absolute Gasteiger partial charge is 0.477 e. The fourth-order valence-corrected chi connectivity index (χ4v) is 1.44. The van der Waals surface area contributed by atoms with Gasteiger partial charge in [-0.05, 0) is 18.6 Å². The minimum Gasteiger partial charge on any atom is -0.477 e. The third-order valence-corrected chi connectivity index (χ3v) is 2.31. The van der Waals surface area contributed by atoms with Gasteiger partial charge < -0.3 is 9.63 Å². The van der Waals surface area contributed by atoms with Crippen molar-refractivity contribution in [2.75, 3.05) is 0 Å². The summed E-state index contributed by atoms with van der Waals surface area (Å²) in [4.78, 5) is 10.8. The number of carboxylic acids is 1. The van der Waals surface area contributed by atoms with Gasteiger partial charge in [0.05, 0.1) is 11.8 Å². The minimum absolute atomic E-state index is 0.189. The van der Waals surface area contributed by atoms with E-state index < -0.39 is 28.9 Å². The molecule has 1 heterocycles. The molecule has 88 valence electrons. The number of nitrogens with zero attached hydrogens (tertiary/aromatic N) is 1. The number of carbonyl (C=O) groups is 1. The molecule has 0 aliphatic heterocycles. The molecule has 0 unspecified atom stereocenters. The van der Waals surface area contributed by atoms with E-state index in [4.69, 9.17) is 5.11 Å². The van der Waals surface area contributed by atoms with Crippen LogP contribution in [0.2, 0.25) is 0 Å². The van der Waals surface area contributed by atoms with Crippen LogP contribution in [0.25, 0.3) is 11.3 Å². The van der Waals surface area contributed by atoms with Gasteiger partial charge >= 0.3 is 5.97 Å². The van der Waals surface area contributed by atoms with Crippen molar-refractivity contribution >= 4 is 5.97 Å². The second kappa shape index (κ2) is 3.97. The van der Waals surface area contributed by atoms with E-state index >= 15 is 0 Å². The number of hydrogen-bond acceptors (Lipinski definition) is 3. The van der Waals surface area contributed by atoms with E-state index in [2.05, 4.69) is 9.68 Å². The highest BCUT2D eigenvalue weighted by Gasteiger charge is 2.24. The van der Waals surface area contributed by atoms with Crippen molar-refractivity contribution in [3.05, 3.63) is 41.1 Å². The Bertz CT molecular complexity index is 592. The molecule has 0 bridgehead atoms. The molecule has 1 N–H and O–H groups in total. The van der Waals surface area contributed by atoms with Crippen LogP contribution < -0.4 is 0 Å². The van der Waals surface area contributed by atoms with E-state index in [1.54, 1.807) is 0 Å². The van der Waals surface area contributed by atoms with Gasteiger partial charge in [0, 0.05) is 0 Å². The molecule has 0 radical (unpaired) electrons. The highest BCUT2D eigenvalue weighted by atomic mass is 19.1. The van der Waals surface area contributed by atoms with Gasteiger partial charge in [0.2, 0.25) is 0 Å². The van der Waals surface area contributed by atoms with Crippen LogP contribution in [-0.2, 0) is 0 Å². The SMILES string of the molecule is Cc1ccc(F)c(-c2oncc2C(=O)O)c1F. The summed E-state index contributed by atoms with van der Waals surface area (Å²) < 4.78 is 31.9. The monoisotopic (exact) mass is 239 g/mol. The molecule has 0 saturated heterocycles. The number of rotatable bonds is 2. The van der Waals surface area contributed by atoms with Crippen molar-refractivity contribution in [1.29, 1.82) is 0 Å². The first kappa shape index (κ1) is 11.3. The van der Waals surface area contributed by atoms with Crippen LogP contribution in [0.4, 0.5) is 8.78 Å². The first-order valence-electron chi connectivity index (χ1n) is 4.65. The van der Waals surface area contributed by atoms with Crippen LogP contribution >= 0.6 is 0 Å². The Morgan fingerprint density at radius 1 is 1.41 bits per heavy atom. The number of aromatic carboxylic acids is 1. The standard InChI is InChI=1S/C11H7F2NO3/c1-5-2-3-7(12)8(9(5)13)10-6(11(15)16)4-14-17-10/h2-4H,1H3,(H,15,16). The summed E-state index contributed by atoms with van der Waals surface area (Å²) in [6.07, 6.45) is 0.902. The van der Waals surface area contributed by atoms with Gasteiger partial charge in [-0.25, -0.2) is 13.6 Å². The number of halogens is 2. The highest BCUT2D eigenvalue weighted by Crippen LogP contribution is 2.30. The van der Waals surface area contributed by atoms with Crippen molar-refractivity contribution in [3.63, 3.8) is 0 Å². The minimum atomic E-state index is -1.36. The fraction of sp³-hybridized carbons (Fsp3) is 0.0909. The summed E-state index contributed by atoms with van der Waals surface area (Å²) in [5.41, 5.74) is -0.706. The Labute approximate surface area is 94.5 Å². The van der Waals surface area contributed by atoms with Gasteiger partial charge in [0.1, 0.15) is 17.2 Å². The van der Waals surface area contributed by atoms with Crippen molar-refractivity contribution in [3.8, 4) is 11.3 Å². The summed E-state index contributed by atoms with van der Waals surface area (Å²) in [5.74, 6) is -3.53. The van der Waals surface area contributed by atoms with E-state index in [1.165, 1.54) is 13.0 Å². The molecule has 0 atom stereocenters. The smallest absolute Gasteiger partial charge is 0.341 e. The molecule has 1 aromatic carbocycles. The van der Waals surface area contributed by atoms with Gasteiger partial charge in [-0.3, -0.25) is 0 Å². The lowest BCUT2D eigenvalue weighted by Crippen LogP contribution is -1.99. The van der Waals surface area contributed by atoms with Crippen molar-refractivity contribution in [2.24, 2.45) is 0 Å². The van der Waals surface area contributed by atoms with E-state index in [1.807, 2.05) is 0 Å². The molecule has 2 aromatic rings.